The first kappa shape index (κ1) is 12.1. The van der Waals surface area contributed by atoms with E-state index in [2.05, 4.69) is 50.5 Å². The summed E-state index contributed by atoms with van der Waals surface area (Å²) in [6.45, 7) is 0.719. The molecule has 94 valence electrons. The Bertz CT molecular complexity index is 714. The lowest BCUT2D eigenvalue weighted by Crippen LogP contribution is -1.97. The van der Waals surface area contributed by atoms with Crippen molar-refractivity contribution in [3.63, 3.8) is 0 Å². The number of fused-ring (bicyclic) bond motifs is 1. The molecule has 0 aliphatic heterocycles. The van der Waals surface area contributed by atoms with Gasteiger partial charge in [0.15, 0.2) is 0 Å². The second-order valence-electron chi connectivity index (χ2n) is 4.21. The van der Waals surface area contributed by atoms with Crippen LogP contribution in [-0.2, 0) is 6.54 Å². The summed E-state index contributed by atoms with van der Waals surface area (Å²) in [4.78, 5) is 0. The SMILES string of the molecule is Brc1ccc(C=CCn2nnc3ccccc32)cc1. The molecule has 0 spiro atoms. The predicted octanol–water partition coefficient (Wildman–Crippen LogP) is 3.91. The van der Waals surface area contributed by atoms with Crippen LogP contribution in [0, 0.1) is 0 Å². The Hall–Kier alpha value is -1.94. The summed E-state index contributed by atoms with van der Waals surface area (Å²) in [7, 11) is 0. The van der Waals surface area contributed by atoms with E-state index >= 15 is 0 Å². The van der Waals surface area contributed by atoms with E-state index in [1.165, 1.54) is 5.56 Å². The van der Waals surface area contributed by atoms with Crippen molar-refractivity contribution in [2.45, 2.75) is 6.54 Å². The Kier molecular flexibility index (Phi) is 3.42. The second-order valence-corrected chi connectivity index (χ2v) is 5.13. The number of hydrogen-bond acceptors (Lipinski definition) is 2. The van der Waals surface area contributed by atoms with Crippen molar-refractivity contribution >= 4 is 33.0 Å². The maximum Gasteiger partial charge on any atom is 0.113 e. The van der Waals surface area contributed by atoms with Crippen LogP contribution in [0.2, 0.25) is 0 Å². The average molecular weight is 314 g/mol. The van der Waals surface area contributed by atoms with Crippen LogP contribution in [0.25, 0.3) is 17.1 Å². The first-order valence-electron chi connectivity index (χ1n) is 6.03. The van der Waals surface area contributed by atoms with Crippen LogP contribution in [0.3, 0.4) is 0 Å². The van der Waals surface area contributed by atoms with Gasteiger partial charge in [-0.1, -0.05) is 57.6 Å². The summed E-state index contributed by atoms with van der Waals surface area (Å²) in [5, 5.41) is 8.28. The highest BCUT2D eigenvalue weighted by molar-refractivity contribution is 9.10. The number of rotatable bonds is 3. The van der Waals surface area contributed by atoms with Gasteiger partial charge >= 0.3 is 0 Å². The first-order chi connectivity index (χ1) is 9.33. The Balaban J connectivity index is 1.77. The fraction of sp³-hybridized carbons (Fsp3) is 0.0667. The van der Waals surface area contributed by atoms with Crippen molar-refractivity contribution in [3.05, 3.63) is 64.6 Å². The molecule has 0 aliphatic carbocycles. The van der Waals surface area contributed by atoms with Crippen molar-refractivity contribution in [3.8, 4) is 0 Å². The van der Waals surface area contributed by atoms with Crippen LogP contribution >= 0.6 is 15.9 Å². The lowest BCUT2D eigenvalue weighted by atomic mass is 10.2. The number of aromatic nitrogens is 3. The molecular weight excluding hydrogens is 302 g/mol. The highest BCUT2D eigenvalue weighted by Crippen LogP contribution is 2.12. The van der Waals surface area contributed by atoms with Gasteiger partial charge in [-0.2, -0.15) is 0 Å². The molecule has 3 rings (SSSR count). The molecule has 0 atom stereocenters. The van der Waals surface area contributed by atoms with E-state index in [9.17, 15) is 0 Å². The summed E-state index contributed by atoms with van der Waals surface area (Å²) in [6, 6.07) is 16.2. The fourth-order valence-corrected chi connectivity index (χ4v) is 2.18. The maximum absolute atomic E-state index is 4.15. The number of benzene rings is 2. The second kappa shape index (κ2) is 5.36. The number of hydrogen-bond donors (Lipinski definition) is 0. The van der Waals surface area contributed by atoms with Gasteiger partial charge in [0.05, 0.1) is 12.1 Å². The molecule has 2 aromatic carbocycles. The molecule has 0 bridgehead atoms. The molecule has 0 unspecified atom stereocenters. The lowest BCUT2D eigenvalue weighted by molar-refractivity contribution is 0.683. The average Bonchev–Trinajstić information content (AvgIpc) is 2.85. The van der Waals surface area contributed by atoms with E-state index in [1.54, 1.807) is 0 Å². The van der Waals surface area contributed by atoms with E-state index in [0.717, 1.165) is 22.1 Å². The number of halogens is 1. The maximum atomic E-state index is 4.15. The Morgan fingerprint density at radius 3 is 2.68 bits per heavy atom. The third kappa shape index (κ3) is 2.74. The van der Waals surface area contributed by atoms with Crippen molar-refractivity contribution in [1.82, 2.24) is 15.0 Å². The minimum Gasteiger partial charge on any atom is -0.241 e. The Morgan fingerprint density at radius 1 is 1.05 bits per heavy atom. The van der Waals surface area contributed by atoms with Gasteiger partial charge in [0.2, 0.25) is 0 Å². The summed E-state index contributed by atoms with van der Waals surface area (Å²) in [5.74, 6) is 0. The minimum absolute atomic E-state index is 0.719. The monoisotopic (exact) mass is 313 g/mol. The third-order valence-electron chi connectivity index (χ3n) is 2.88. The highest BCUT2D eigenvalue weighted by Gasteiger charge is 2.00. The number of allylic oxidation sites excluding steroid dienone is 1. The molecule has 4 heteroatoms. The van der Waals surface area contributed by atoms with Crippen LogP contribution in [0.1, 0.15) is 5.56 Å². The molecule has 1 heterocycles. The van der Waals surface area contributed by atoms with Crippen molar-refractivity contribution in [1.29, 1.82) is 0 Å². The molecule has 3 nitrogen and oxygen atoms in total. The molecule has 0 fully saturated rings. The molecule has 0 radical (unpaired) electrons. The first-order valence-corrected chi connectivity index (χ1v) is 6.82. The van der Waals surface area contributed by atoms with Gasteiger partial charge in [-0.25, -0.2) is 4.68 Å². The third-order valence-corrected chi connectivity index (χ3v) is 3.41. The van der Waals surface area contributed by atoms with Crippen LogP contribution in [0.15, 0.2) is 59.1 Å². The number of para-hydroxylation sites is 1. The molecule has 0 saturated heterocycles. The zero-order valence-corrected chi connectivity index (χ0v) is 11.8. The van der Waals surface area contributed by atoms with Crippen molar-refractivity contribution in [2.75, 3.05) is 0 Å². The van der Waals surface area contributed by atoms with Gasteiger partial charge in [-0.15, -0.1) is 5.10 Å². The largest absolute Gasteiger partial charge is 0.241 e. The van der Waals surface area contributed by atoms with Crippen LogP contribution < -0.4 is 0 Å². The molecule has 1 aromatic heterocycles. The molecule has 0 aliphatic rings. The fourth-order valence-electron chi connectivity index (χ4n) is 1.91. The van der Waals surface area contributed by atoms with Crippen LogP contribution in [-0.4, -0.2) is 15.0 Å². The molecule has 19 heavy (non-hydrogen) atoms. The lowest BCUT2D eigenvalue weighted by Gasteiger charge is -1.97. The molecule has 0 amide bonds. The van der Waals surface area contributed by atoms with Gasteiger partial charge in [0.1, 0.15) is 5.52 Å². The molecule has 0 saturated carbocycles. The Labute approximate surface area is 119 Å². The van der Waals surface area contributed by atoms with E-state index in [-0.39, 0.29) is 0 Å². The van der Waals surface area contributed by atoms with Crippen molar-refractivity contribution in [2.24, 2.45) is 0 Å². The highest BCUT2D eigenvalue weighted by atomic mass is 79.9. The Morgan fingerprint density at radius 2 is 1.84 bits per heavy atom. The van der Waals surface area contributed by atoms with Gasteiger partial charge < -0.3 is 0 Å². The van der Waals surface area contributed by atoms with E-state index in [4.69, 9.17) is 0 Å². The van der Waals surface area contributed by atoms with E-state index in [0.29, 0.717) is 0 Å². The summed E-state index contributed by atoms with van der Waals surface area (Å²) < 4.78 is 2.98. The van der Waals surface area contributed by atoms with Gasteiger partial charge in [-0.05, 0) is 29.8 Å². The van der Waals surface area contributed by atoms with Gasteiger partial charge in [-0.3, -0.25) is 0 Å². The molecule has 0 N–H and O–H groups in total. The van der Waals surface area contributed by atoms with E-state index in [1.807, 2.05) is 41.1 Å². The standard InChI is InChI=1S/C15H12BrN3/c16-13-9-7-12(8-10-13)4-3-11-19-15-6-2-1-5-14(15)17-18-19/h1-10H,11H2. The van der Waals surface area contributed by atoms with Gasteiger partial charge in [0.25, 0.3) is 0 Å². The quantitative estimate of drug-likeness (QED) is 0.734. The van der Waals surface area contributed by atoms with E-state index < -0.39 is 0 Å². The topological polar surface area (TPSA) is 30.7 Å². The zero-order valence-electron chi connectivity index (χ0n) is 10.2. The summed E-state index contributed by atoms with van der Waals surface area (Å²) >= 11 is 3.43. The summed E-state index contributed by atoms with van der Waals surface area (Å²) in [5.41, 5.74) is 3.16. The number of nitrogens with zero attached hydrogens (tertiary/aromatic N) is 3. The summed E-state index contributed by atoms with van der Waals surface area (Å²) in [6.07, 6.45) is 4.17. The minimum atomic E-state index is 0.719. The predicted molar refractivity (Wildman–Crippen MR) is 80.7 cm³/mol. The van der Waals surface area contributed by atoms with Crippen LogP contribution in [0.5, 0.6) is 0 Å². The smallest absolute Gasteiger partial charge is 0.113 e. The zero-order chi connectivity index (χ0) is 13.1. The molecular formula is C15H12BrN3. The van der Waals surface area contributed by atoms with Crippen molar-refractivity contribution < 1.29 is 0 Å². The molecule has 3 aromatic rings. The normalized spacial score (nSPS) is 11.4. The van der Waals surface area contributed by atoms with Gasteiger partial charge in [0, 0.05) is 4.47 Å². The van der Waals surface area contributed by atoms with Crippen LogP contribution in [0.4, 0.5) is 0 Å².